The van der Waals surface area contributed by atoms with Crippen LogP contribution in [0.15, 0.2) is 22.4 Å². The van der Waals surface area contributed by atoms with Gasteiger partial charge in [0.15, 0.2) is 5.69 Å². The van der Waals surface area contributed by atoms with Crippen LogP contribution in [0.25, 0.3) is 0 Å². The third-order valence-corrected chi connectivity index (χ3v) is 4.48. The molecule has 0 aliphatic carbocycles. The Morgan fingerprint density at radius 1 is 1.23 bits per heavy atom. The number of aromatic nitrogens is 2. The van der Waals surface area contributed by atoms with E-state index in [9.17, 15) is 18.4 Å². The van der Waals surface area contributed by atoms with Gasteiger partial charge in [0, 0.05) is 26.2 Å². The van der Waals surface area contributed by atoms with Gasteiger partial charge < -0.3 is 14.2 Å². The lowest BCUT2D eigenvalue weighted by molar-refractivity contribution is -0.146. The molecule has 162 valence electrons. The molecule has 0 aliphatic heterocycles. The summed E-state index contributed by atoms with van der Waals surface area (Å²) in [6, 6.07) is 5.32. The lowest BCUT2D eigenvalue weighted by Gasteiger charge is -2.25. The number of hydrogen-bond acceptors (Lipinski definition) is 6. The van der Waals surface area contributed by atoms with E-state index in [0.717, 1.165) is 37.8 Å². The molecule has 0 amide bonds. The molecule has 1 heterocycles. The summed E-state index contributed by atoms with van der Waals surface area (Å²) in [5.41, 5.74) is 1.81. The molecule has 0 saturated heterocycles. The summed E-state index contributed by atoms with van der Waals surface area (Å²) in [6.07, 6.45) is -3.73. The number of imidazole rings is 1. The van der Waals surface area contributed by atoms with E-state index in [4.69, 9.17) is 4.74 Å². The summed E-state index contributed by atoms with van der Waals surface area (Å²) < 4.78 is 45.6. The molecule has 0 atom stereocenters. The molecule has 0 aliphatic rings. The summed E-state index contributed by atoms with van der Waals surface area (Å²) in [4.78, 5) is 5.64. The van der Waals surface area contributed by atoms with E-state index in [0.29, 0.717) is 22.6 Å². The highest BCUT2D eigenvalue weighted by atomic mass is 19.4. The average molecular weight is 422 g/mol. The predicted molar refractivity (Wildman–Crippen MR) is 108 cm³/mol. The van der Waals surface area contributed by atoms with Crippen LogP contribution < -0.4 is 9.64 Å². The van der Waals surface area contributed by atoms with Crippen molar-refractivity contribution in [3.05, 3.63) is 29.2 Å². The first-order valence-electron chi connectivity index (χ1n) is 9.65. The maximum atomic E-state index is 13.1. The summed E-state index contributed by atoms with van der Waals surface area (Å²) in [5.74, 6) is -0.965. The first kappa shape index (κ1) is 23.2. The second-order valence-electron chi connectivity index (χ2n) is 6.60. The summed E-state index contributed by atoms with van der Waals surface area (Å²) >= 11 is 0. The molecule has 0 unspecified atom stereocenters. The highest BCUT2D eigenvalue weighted by molar-refractivity contribution is 5.67. The number of benzene rings is 1. The Morgan fingerprint density at radius 3 is 2.47 bits per heavy atom. The molecule has 2 rings (SSSR count). The van der Waals surface area contributed by atoms with Gasteiger partial charge >= 0.3 is 6.18 Å². The van der Waals surface area contributed by atoms with E-state index < -0.39 is 12.0 Å². The molecule has 1 aromatic heterocycles. The standard InChI is InChI=1S/C20H25F3N6O/c1-6-9-29(7-2)15-10-13(4)14(11-17(15)30-8-3)26-27-18-16(12-24)28(5)19(25-18)20(21,22)23/h10-11H,6-9H2,1-5H3. The van der Waals surface area contributed by atoms with Crippen LogP contribution in [0.3, 0.4) is 0 Å². The Balaban J connectivity index is 2.50. The third kappa shape index (κ3) is 4.90. The number of nitriles is 1. The summed E-state index contributed by atoms with van der Waals surface area (Å²) in [7, 11) is 1.12. The number of anilines is 1. The molecule has 0 N–H and O–H groups in total. The zero-order chi connectivity index (χ0) is 22.5. The largest absolute Gasteiger partial charge is 0.492 e. The lowest BCUT2D eigenvalue weighted by Crippen LogP contribution is -2.24. The van der Waals surface area contributed by atoms with E-state index >= 15 is 0 Å². The van der Waals surface area contributed by atoms with Crippen molar-refractivity contribution in [3.63, 3.8) is 0 Å². The van der Waals surface area contributed by atoms with Crippen LogP contribution in [0.5, 0.6) is 5.75 Å². The van der Waals surface area contributed by atoms with Gasteiger partial charge in [0.1, 0.15) is 11.8 Å². The van der Waals surface area contributed by atoms with Crippen LogP contribution in [0.2, 0.25) is 0 Å². The van der Waals surface area contributed by atoms with E-state index in [1.54, 1.807) is 12.1 Å². The lowest BCUT2D eigenvalue weighted by atomic mass is 10.1. The van der Waals surface area contributed by atoms with Crippen molar-refractivity contribution in [2.45, 2.75) is 40.3 Å². The molecule has 0 fully saturated rings. The van der Waals surface area contributed by atoms with E-state index in [1.807, 2.05) is 19.9 Å². The normalized spacial score (nSPS) is 11.7. The van der Waals surface area contributed by atoms with E-state index in [1.165, 1.54) is 0 Å². The Hall–Kier alpha value is -3.09. The minimum atomic E-state index is -4.70. The third-order valence-electron chi connectivity index (χ3n) is 4.48. The number of aryl methyl sites for hydroxylation is 1. The molecule has 1 aromatic carbocycles. The molecular formula is C20H25F3N6O. The number of ether oxygens (including phenoxy) is 1. The van der Waals surface area contributed by atoms with Crippen LogP contribution in [-0.2, 0) is 13.2 Å². The summed E-state index contributed by atoms with van der Waals surface area (Å²) in [6.45, 7) is 9.95. The van der Waals surface area contributed by atoms with Crippen LogP contribution in [-0.4, -0.2) is 29.2 Å². The average Bonchev–Trinajstić information content (AvgIpc) is 3.02. The zero-order valence-corrected chi connectivity index (χ0v) is 17.7. The Labute approximate surface area is 173 Å². The van der Waals surface area contributed by atoms with E-state index in [-0.39, 0.29) is 11.5 Å². The molecule has 30 heavy (non-hydrogen) atoms. The first-order valence-corrected chi connectivity index (χ1v) is 9.65. The van der Waals surface area contributed by atoms with Crippen molar-refractivity contribution in [1.29, 1.82) is 5.26 Å². The topological polar surface area (TPSA) is 78.8 Å². The van der Waals surface area contributed by atoms with Gasteiger partial charge in [-0.3, -0.25) is 0 Å². The molecule has 10 heteroatoms. The minimum Gasteiger partial charge on any atom is -0.492 e. The molecule has 0 radical (unpaired) electrons. The van der Waals surface area contributed by atoms with Crippen LogP contribution in [0, 0.1) is 18.3 Å². The van der Waals surface area contributed by atoms with Gasteiger partial charge in [0.25, 0.3) is 0 Å². The number of azo groups is 1. The summed E-state index contributed by atoms with van der Waals surface area (Å²) in [5, 5.41) is 17.1. The molecule has 2 aromatic rings. The van der Waals surface area contributed by atoms with Crippen molar-refractivity contribution in [1.82, 2.24) is 9.55 Å². The quantitative estimate of drug-likeness (QED) is 0.514. The number of nitrogens with zero attached hydrogens (tertiary/aromatic N) is 6. The fourth-order valence-electron chi connectivity index (χ4n) is 3.04. The van der Waals surface area contributed by atoms with Gasteiger partial charge in [-0.1, -0.05) is 6.92 Å². The van der Waals surface area contributed by atoms with Crippen molar-refractivity contribution in [2.24, 2.45) is 17.3 Å². The number of rotatable bonds is 8. The highest BCUT2D eigenvalue weighted by Crippen LogP contribution is 2.37. The van der Waals surface area contributed by atoms with Gasteiger partial charge in [-0.15, -0.1) is 10.2 Å². The first-order chi connectivity index (χ1) is 14.2. The number of alkyl halides is 3. The van der Waals surface area contributed by atoms with Crippen molar-refractivity contribution < 1.29 is 17.9 Å². The van der Waals surface area contributed by atoms with Gasteiger partial charge in [0.05, 0.1) is 18.0 Å². The number of hydrogen-bond donors (Lipinski definition) is 0. The molecule has 0 spiro atoms. The van der Waals surface area contributed by atoms with Gasteiger partial charge in [-0.25, -0.2) is 4.98 Å². The molecule has 0 bridgehead atoms. The number of halogens is 3. The fourth-order valence-corrected chi connectivity index (χ4v) is 3.04. The van der Waals surface area contributed by atoms with Gasteiger partial charge in [0.2, 0.25) is 11.6 Å². The van der Waals surface area contributed by atoms with E-state index in [2.05, 4.69) is 34.0 Å². The predicted octanol–water partition coefficient (Wildman–Crippen LogP) is 5.67. The van der Waals surface area contributed by atoms with Crippen LogP contribution in [0.4, 0.5) is 30.4 Å². The van der Waals surface area contributed by atoms with Gasteiger partial charge in [-0.05, 0) is 38.8 Å². The zero-order valence-electron chi connectivity index (χ0n) is 17.7. The monoisotopic (exact) mass is 422 g/mol. The van der Waals surface area contributed by atoms with Gasteiger partial charge in [-0.2, -0.15) is 18.4 Å². The molecule has 0 saturated carbocycles. The Kier molecular flexibility index (Phi) is 7.43. The second-order valence-corrected chi connectivity index (χ2v) is 6.60. The highest BCUT2D eigenvalue weighted by Gasteiger charge is 2.38. The van der Waals surface area contributed by atoms with Crippen molar-refractivity contribution >= 4 is 17.2 Å². The molecule has 7 nitrogen and oxygen atoms in total. The minimum absolute atomic E-state index is 0.314. The van der Waals surface area contributed by atoms with Crippen molar-refractivity contribution in [3.8, 4) is 11.8 Å². The molecular weight excluding hydrogens is 397 g/mol. The maximum absolute atomic E-state index is 13.1. The second kappa shape index (κ2) is 9.61. The smallest absolute Gasteiger partial charge is 0.449 e. The Morgan fingerprint density at radius 2 is 1.93 bits per heavy atom. The Bertz CT molecular complexity index is 959. The van der Waals surface area contributed by atoms with Crippen molar-refractivity contribution in [2.75, 3.05) is 24.6 Å². The van der Waals surface area contributed by atoms with Crippen LogP contribution in [0.1, 0.15) is 44.3 Å². The maximum Gasteiger partial charge on any atom is 0.449 e. The van der Waals surface area contributed by atoms with Crippen LogP contribution >= 0.6 is 0 Å². The SMILES string of the molecule is CCCN(CC)c1cc(C)c(N=Nc2nc(C(F)(F)F)n(C)c2C#N)cc1OCC. The fraction of sp³-hybridized carbons (Fsp3) is 0.500.